The third kappa shape index (κ3) is 3.69. The zero-order valence-electron chi connectivity index (χ0n) is 16.0. The highest BCUT2D eigenvalue weighted by atomic mass is 16.6. The Labute approximate surface area is 168 Å². The highest BCUT2D eigenvalue weighted by molar-refractivity contribution is 6.07. The summed E-state index contributed by atoms with van der Waals surface area (Å²) in [6, 6.07) is 23.3. The molecule has 1 aliphatic rings. The Kier molecular flexibility index (Phi) is 4.99. The van der Waals surface area contributed by atoms with E-state index in [-0.39, 0.29) is 23.7 Å². The van der Waals surface area contributed by atoms with E-state index in [9.17, 15) is 14.9 Å². The van der Waals surface area contributed by atoms with Crippen LogP contribution in [0.3, 0.4) is 0 Å². The Morgan fingerprint density at radius 2 is 1.76 bits per heavy atom. The van der Waals surface area contributed by atoms with Crippen LogP contribution in [0.25, 0.3) is 0 Å². The molecule has 6 nitrogen and oxygen atoms in total. The lowest BCUT2D eigenvalue weighted by atomic mass is 9.91. The minimum Gasteiger partial charge on any atom is -0.382 e. The number of nitrogens with one attached hydrogen (secondary N) is 1. The second kappa shape index (κ2) is 7.75. The van der Waals surface area contributed by atoms with Gasteiger partial charge in [-0.2, -0.15) is 0 Å². The molecule has 0 unspecified atom stereocenters. The Balaban J connectivity index is 1.83. The monoisotopic (exact) mass is 387 g/mol. The maximum atomic E-state index is 13.6. The normalized spacial score (nSPS) is 17.7. The molecule has 1 amide bonds. The van der Waals surface area contributed by atoms with E-state index in [0.717, 1.165) is 23.4 Å². The van der Waals surface area contributed by atoms with Gasteiger partial charge in [0.15, 0.2) is 0 Å². The summed E-state index contributed by atoms with van der Waals surface area (Å²) >= 11 is 0. The standard InChI is InChI=1S/C23H21N3O3/c1-16-14-22(20-12-5-6-13-21(20)24-16)25(18-9-3-2-4-10-18)23(27)17-8-7-11-19(15-17)26(28)29/h2-13,15-16,22,24H,14H2,1H3/t16-,22+/m0/s1. The van der Waals surface area contributed by atoms with Gasteiger partial charge in [-0.25, -0.2) is 0 Å². The van der Waals surface area contributed by atoms with Gasteiger partial charge in [0.1, 0.15) is 0 Å². The van der Waals surface area contributed by atoms with Gasteiger partial charge in [0, 0.05) is 35.1 Å². The maximum absolute atomic E-state index is 13.6. The van der Waals surface area contributed by atoms with Crippen molar-refractivity contribution in [3.05, 3.63) is 100 Å². The first-order chi connectivity index (χ1) is 14.0. The number of hydrogen-bond donors (Lipinski definition) is 1. The number of carbonyl (C=O) groups is 1. The SMILES string of the molecule is C[C@H]1C[C@@H](N(C(=O)c2cccc([N+](=O)[O-])c2)c2ccccc2)c2ccccc2N1. The summed E-state index contributed by atoms with van der Waals surface area (Å²) in [5.74, 6) is -0.256. The maximum Gasteiger partial charge on any atom is 0.270 e. The molecule has 1 aliphatic heterocycles. The molecule has 0 radical (unpaired) electrons. The molecule has 146 valence electrons. The van der Waals surface area contributed by atoms with Crippen molar-refractivity contribution in [1.82, 2.24) is 0 Å². The van der Waals surface area contributed by atoms with Crippen LogP contribution in [0.1, 0.15) is 35.3 Å². The average molecular weight is 387 g/mol. The van der Waals surface area contributed by atoms with E-state index in [2.05, 4.69) is 12.2 Å². The van der Waals surface area contributed by atoms with E-state index in [1.807, 2.05) is 54.6 Å². The zero-order valence-corrected chi connectivity index (χ0v) is 16.0. The first-order valence-electron chi connectivity index (χ1n) is 9.53. The second-order valence-electron chi connectivity index (χ2n) is 7.20. The quantitative estimate of drug-likeness (QED) is 0.494. The molecule has 3 aromatic carbocycles. The number of benzene rings is 3. The largest absolute Gasteiger partial charge is 0.382 e. The number of rotatable bonds is 4. The van der Waals surface area contributed by atoms with Crippen LogP contribution in [-0.2, 0) is 0 Å². The van der Waals surface area contributed by atoms with Crippen LogP contribution in [0.5, 0.6) is 0 Å². The lowest BCUT2D eigenvalue weighted by molar-refractivity contribution is -0.384. The minimum absolute atomic E-state index is 0.0945. The number of para-hydroxylation sites is 2. The molecular formula is C23H21N3O3. The predicted molar refractivity (Wildman–Crippen MR) is 113 cm³/mol. The van der Waals surface area contributed by atoms with Crippen molar-refractivity contribution in [2.24, 2.45) is 0 Å². The van der Waals surface area contributed by atoms with Gasteiger partial charge >= 0.3 is 0 Å². The molecule has 0 fully saturated rings. The third-order valence-electron chi connectivity index (χ3n) is 5.17. The van der Waals surface area contributed by atoms with Crippen LogP contribution in [0, 0.1) is 10.1 Å². The van der Waals surface area contributed by atoms with E-state index < -0.39 is 4.92 Å². The van der Waals surface area contributed by atoms with Gasteiger partial charge in [-0.1, -0.05) is 42.5 Å². The van der Waals surface area contributed by atoms with Gasteiger partial charge in [-0.05, 0) is 43.2 Å². The Bertz CT molecular complexity index is 1050. The first kappa shape index (κ1) is 18.7. The summed E-state index contributed by atoms with van der Waals surface area (Å²) in [7, 11) is 0. The van der Waals surface area contributed by atoms with Crippen molar-refractivity contribution in [3.8, 4) is 0 Å². The van der Waals surface area contributed by atoms with Crippen LogP contribution in [-0.4, -0.2) is 16.9 Å². The number of nitro groups is 1. The van der Waals surface area contributed by atoms with Crippen LogP contribution in [0.2, 0.25) is 0 Å². The number of fused-ring (bicyclic) bond motifs is 1. The number of anilines is 2. The fraction of sp³-hybridized carbons (Fsp3) is 0.174. The molecule has 29 heavy (non-hydrogen) atoms. The van der Waals surface area contributed by atoms with Crippen molar-refractivity contribution >= 4 is 23.0 Å². The average Bonchev–Trinajstić information content (AvgIpc) is 2.74. The van der Waals surface area contributed by atoms with Gasteiger partial charge in [-0.15, -0.1) is 0 Å². The summed E-state index contributed by atoms with van der Waals surface area (Å²) in [6.07, 6.45) is 0.729. The number of nitrogens with zero attached hydrogens (tertiary/aromatic N) is 2. The summed E-state index contributed by atoms with van der Waals surface area (Å²) < 4.78 is 0. The molecule has 0 saturated heterocycles. The van der Waals surface area contributed by atoms with Crippen LogP contribution < -0.4 is 10.2 Å². The van der Waals surface area contributed by atoms with Gasteiger partial charge in [0.25, 0.3) is 11.6 Å². The highest BCUT2D eigenvalue weighted by Gasteiger charge is 2.33. The molecule has 1 N–H and O–H groups in total. The molecule has 0 spiro atoms. The Morgan fingerprint density at radius 3 is 2.52 bits per heavy atom. The van der Waals surface area contributed by atoms with Gasteiger partial charge in [-0.3, -0.25) is 14.9 Å². The zero-order chi connectivity index (χ0) is 20.4. The number of amides is 1. The Morgan fingerprint density at radius 1 is 1.03 bits per heavy atom. The van der Waals surface area contributed by atoms with Crippen molar-refractivity contribution in [3.63, 3.8) is 0 Å². The van der Waals surface area contributed by atoms with Gasteiger partial charge in [0.05, 0.1) is 11.0 Å². The number of non-ortho nitro benzene ring substituents is 1. The molecule has 3 aromatic rings. The van der Waals surface area contributed by atoms with Crippen LogP contribution in [0.4, 0.5) is 17.1 Å². The first-order valence-corrected chi connectivity index (χ1v) is 9.53. The molecule has 1 heterocycles. The van der Waals surface area contributed by atoms with Crippen LogP contribution >= 0.6 is 0 Å². The molecule has 0 aliphatic carbocycles. The second-order valence-corrected chi connectivity index (χ2v) is 7.20. The summed E-state index contributed by atoms with van der Waals surface area (Å²) in [5.41, 5.74) is 3.00. The molecule has 6 heteroatoms. The summed E-state index contributed by atoms with van der Waals surface area (Å²) in [4.78, 5) is 26.1. The van der Waals surface area contributed by atoms with E-state index in [1.165, 1.54) is 12.1 Å². The van der Waals surface area contributed by atoms with E-state index in [4.69, 9.17) is 0 Å². The minimum atomic E-state index is -0.481. The topological polar surface area (TPSA) is 75.5 Å². The van der Waals surface area contributed by atoms with E-state index in [1.54, 1.807) is 17.0 Å². The summed E-state index contributed by atoms with van der Waals surface area (Å²) in [5, 5.41) is 14.7. The predicted octanol–water partition coefficient (Wildman–Crippen LogP) is 5.19. The molecule has 0 saturated carbocycles. The molecule has 4 rings (SSSR count). The van der Waals surface area contributed by atoms with Crippen LogP contribution in [0.15, 0.2) is 78.9 Å². The van der Waals surface area contributed by atoms with Crippen molar-refractivity contribution in [2.75, 3.05) is 10.2 Å². The smallest absolute Gasteiger partial charge is 0.270 e. The van der Waals surface area contributed by atoms with Crippen molar-refractivity contribution < 1.29 is 9.72 Å². The molecule has 2 atom stereocenters. The van der Waals surface area contributed by atoms with Gasteiger partial charge < -0.3 is 10.2 Å². The Hall–Kier alpha value is -3.67. The number of hydrogen-bond acceptors (Lipinski definition) is 4. The molecule has 0 bridgehead atoms. The van der Waals surface area contributed by atoms with Crippen molar-refractivity contribution in [2.45, 2.75) is 25.4 Å². The van der Waals surface area contributed by atoms with Crippen molar-refractivity contribution in [1.29, 1.82) is 0 Å². The highest BCUT2D eigenvalue weighted by Crippen LogP contribution is 2.39. The van der Waals surface area contributed by atoms with Gasteiger partial charge in [0.2, 0.25) is 0 Å². The lowest BCUT2D eigenvalue weighted by Crippen LogP contribution is -2.40. The van der Waals surface area contributed by atoms with E-state index >= 15 is 0 Å². The fourth-order valence-corrected chi connectivity index (χ4v) is 3.87. The number of nitro benzene ring substituents is 1. The van der Waals surface area contributed by atoms with E-state index in [0.29, 0.717) is 5.56 Å². The summed E-state index contributed by atoms with van der Waals surface area (Å²) in [6.45, 7) is 2.09. The lowest BCUT2D eigenvalue weighted by Gasteiger charge is -2.39. The fourth-order valence-electron chi connectivity index (χ4n) is 3.87. The molecule has 0 aromatic heterocycles. The number of carbonyl (C=O) groups excluding carboxylic acids is 1. The third-order valence-corrected chi connectivity index (χ3v) is 5.17. The molecular weight excluding hydrogens is 366 g/mol.